The first-order valence-corrected chi connectivity index (χ1v) is 7.42. The van der Waals surface area contributed by atoms with Crippen LogP contribution in [-0.4, -0.2) is 46.8 Å². The molecule has 1 atom stereocenters. The van der Waals surface area contributed by atoms with Crippen molar-refractivity contribution < 1.29 is 17.9 Å². The molecule has 120 valence electrons. The van der Waals surface area contributed by atoms with Gasteiger partial charge in [0.05, 0.1) is 12.3 Å². The van der Waals surface area contributed by atoms with Gasteiger partial charge in [-0.05, 0) is 6.42 Å². The molecule has 0 bridgehead atoms. The fourth-order valence-electron chi connectivity index (χ4n) is 2.27. The number of nitrogens with zero attached hydrogens (tertiary/aromatic N) is 2. The van der Waals surface area contributed by atoms with Crippen molar-refractivity contribution in [3.05, 3.63) is 16.7 Å². The minimum atomic E-state index is -4.33. The first-order chi connectivity index (χ1) is 9.90. The van der Waals surface area contributed by atoms with E-state index < -0.39 is 12.3 Å². The molecule has 0 spiro atoms. The van der Waals surface area contributed by atoms with E-state index in [1.54, 1.807) is 4.90 Å². The van der Waals surface area contributed by atoms with E-state index >= 15 is 0 Å². The van der Waals surface area contributed by atoms with Crippen LogP contribution in [0.2, 0.25) is 5.15 Å². The number of aryl methyl sites for hydroxylation is 1. The molecule has 1 fully saturated rings. The molecule has 2 rings (SSSR count). The third-order valence-corrected chi connectivity index (χ3v) is 3.75. The molecule has 1 aliphatic rings. The van der Waals surface area contributed by atoms with Crippen molar-refractivity contribution in [3.63, 3.8) is 0 Å². The standard InChI is InChI=1S/C13H19ClF3N3O/c1-2-3-4-11-18-9(12(14)19-11)7-20-5-6-21-10(8-20)13(15,16)17/h10H,2-8H2,1H3,(H,18,19). The second-order valence-electron chi connectivity index (χ2n) is 5.19. The maximum absolute atomic E-state index is 12.7. The predicted molar refractivity (Wildman–Crippen MR) is 73.3 cm³/mol. The first-order valence-electron chi connectivity index (χ1n) is 7.04. The number of hydrogen-bond donors (Lipinski definition) is 1. The van der Waals surface area contributed by atoms with Gasteiger partial charge in [0, 0.05) is 26.1 Å². The van der Waals surface area contributed by atoms with Gasteiger partial charge in [-0.1, -0.05) is 24.9 Å². The molecule has 1 saturated heterocycles. The third-order valence-electron chi connectivity index (χ3n) is 3.44. The Labute approximate surface area is 126 Å². The molecule has 8 heteroatoms. The number of aromatic amines is 1. The molecule has 0 saturated carbocycles. The summed E-state index contributed by atoms with van der Waals surface area (Å²) in [5, 5.41) is 0.344. The van der Waals surface area contributed by atoms with Gasteiger partial charge < -0.3 is 9.72 Å². The zero-order valence-electron chi connectivity index (χ0n) is 11.8. The Morgan fingerprint density at radius 3 is 2.90 bits per heavy atom. The lowest BCUT2D eigenvalue weighted by Crippen LogP contribution is -2.48. The van der Waals surface area contributed by atoms with E-state index in [9.17, 15) is 13.2 Å². The van der Waals surface area contributed by atoms with Crippen LogP contribution in [0.5, 0.6) is 0 Å². The lowest BCUT2D eigenvalue weighted by atomic mass is 10.2. The molecule has 1 aromatic rings. The molecule has 0 radical (unpaired) electrons. The molecule has 21 heavy (non-hydrogen) atoms. The number of hydrogen-bond acceptors (Lipinski definition) is 3. The zero-order valence-corrected chi connectivity index (χ0v) is 12.6. The van der Waals surface area contributed by atoms with E-state index in [1.165, 1.54) is 0 Å². The molecule has 0 aliphatic carbocycles. The number of morpholine rings is 1. The Morgan fingerprint density at radius 1 is 1.48 bits per heavy atom. The van der Waals surface area contributed by atoms with Crippen LogP contribution in [0.15, 0.2) is 0 Å². The lowest BCUT2D eigenvalue weighted by Gasteiger charge is -2.33. The smallest absolute Gasteiger partial charge is 0.366 e. The van der Waals surface area contributed by atoms with Crippen LogP contribution in [0, 0.1) is 0 Å². The van der Waals surface area contributed by atoms with E-state index in [-0.39, 0.29) is 13.2 Å². The van der Waals surface area contributed by atoms with Crippen LogP contribution in [0.25, 0.3) is 0 Å². The average molecular weight is 326 g/mol. The van der Waals surface area contributed by atoms with Gasteiger partial charge in [0.2, 0.25) is 0 Å². The van der Waals surface area contributed by atoms with Crippen LogP contribution >= 0.6 is 11.6 Å². The van der Waals surface area contributed by atoms with Crippen LogP contribution in [0.3, 0.4) is 0 Å². The highest BCUT2D eigenvalue weighted by molar-refractivity contribution is 6.30. The Morgan fingerprint density at radius 2 is 2.24 bits per heavy atom. The molecule has 0 amide bonds. The van der Waals surface area contributed by atoms with E-state index in [0.29, 0.717) is 23.9 Å². The number of nitrogens with one attached hydrogen (secondary N) is 1. The van der Waals surface area contributed by atoms with Gasteiger partial charge in [-0.3, -0.25) is 4.90 Å². The van der Waals surface area contributed by atoms with E-state index in [0.717, 1.165) is 25.1 Å². The summed E-state index contributed by atoms with van der Waals surface area (Å²) in [4.78, 5) is 9.01. The second kappa shape index (κ2) is 6.98. The molecule has 1 unspecified atom stereocenters. The summed E-state index contributed by atoms with van der Waals surface area (Å²) >= 11 is 6.05. The minimum Gasteiger partial charge on any atom is -0.366 e. The second-order valence-corrected chi connectivity index (χ2v) is 5.55. The number of aromatic nitrogens is 2. The van der Waals surface area contributed by atoms with Gasteiger partial charge in [-0.15, -0.1) is 0 Å². The van der Waals surface area contributed by atoms with Crippen LogP contribution in [0.4, 0.5) is 13.2 Å². The van der Waals surface area contributed by atoms with Crippen molar-refractivity contribution in [3.8, 4) is 0 Å². The Kier molecular flexibility index (Phi) is 5.51. The quantitative estimate of drug-likeness (QED) is 0.904. The molecule has 1 aromatic heterocycles. The summed E-state index contributed by atoms with van der Waals surface area (Å²) < 4.78 is 42.8. The monoisotopic (exact) mass is 325 g/mol. The summed E-state index contributed by atoms with van der Waals surface area (Å²) in [6, 6.07) is 0. The summed E-state index contributed by atoms with van der Waals surface area (Å²) in [6.07, 6.45) is -3.22. The molecule has 0 aromatic carbocycles. The van der Waals surface area contributed by atoms with Crippen molar-refractivity contribution in [1.29, 1.82) is 0 Å². The number of unbranched alkanes of at least 4 members (excludes halogenated alkanes) is 1. The highest BCUT2D eigenvalue weighted by Crippen LogP contribution is 2.26. The van der Waals surface area contributed by atoms with Gasteiger partial charge in [0.15, 0.2) is 11.3 Å². The van der Waals surface area contributed by atoms with Gasteiger partial charge in [0.1, 0.15) is 5.82 Å². The number of imidazole rings is 1. The average Bonchev–Trinajstić information content (AvgIpc) is 2.76. The van der Waals surface area contributed by atoms with Gasteiger partial charge in [-0.25, -0.2) is 4.98 Å². The minimum absolute atomic E-state index is 0.0681. The zero-order chi connectivity index (χ0) is 15.5. The molecular formula is C13H19ClF3N3O. The summed E-state index contributed by atoms with van der Waals surface area (Å²) in [6.45, 7) is 2.75. The maximum atomic E-state index is 12.7. The Balaban J connectivity index is 1.96. The van der Waals surface area contributed by atoms with Crippen LogP contribution in [-0.2, 0) is 17.7 Å². The fourth-order valence-corrected chi connectivity index (χ4v) is 2.48. The van der Waals surface area contributed by atoms with Gasteiger partial charge in [0.25, 0.3) is 0 Å². The van der Waals surface area contributed by atoms with E-state index in [4.69, 9.17) is 16.3 Å². The molecule has 2 heterocycles. The number of halogens is 4. The predicted octanol–water partition coefficient (Wildman–Crippen LogP) is 3.17. The summed E-state index contributed by atoms with van der Waals surface area (Å²) in [7, 11) is 0. The van der Waals surface area contributed by atoms with Crippen molar-refractivity contribution >= 4 is 11.6 Å². The summed E-state index contributed by atoms with van der Waals surface area (Å²) in [5.41, 5.74) is 0.672. The largest absolute Gasteiger partial charge is 0.415 e. The van der Waals surface area contributed by atoms with Crippen molar-refractivity contribution in [2.75, 3.05) is 19.7 Å². The van der Waals surface area contributed by atoms with Gasteiger partial charge in [-0.2, -0.15) is 13.2 Å². The SMILES string of the molecule is CCCCc1nc(Cl)c(CN2CCOC(C(F)(F)F)C2)[nH]1. The Bertz CT molecular complexity index is 464. The van der Waals surface area contributed by atoms with E-state index in [2.05, 4.69) is 16.9 Å². The highest BCUT2D eigenvalue weighted by Gasteiger charge is 2.43. The third kappa shape index (κ3) is 4.59. The number of H-pyrrole nitrogens is 1. The molecule has 1 N–H and O–H groups in total. The normalized spacial score (nSPS) is 20.9. The first kappa shape index (κ1) is 16.6. The number of alkyl halides is 3. The number of ether oxygens (including phenoxy) is 1. The lowest BCUT2D eigenvalue weighted by molar-refractivity contribution is -0.237. The van der Waals surface area contributed by atoms with E-state index in [1.807, 2.05) is 0 Å². The van der Waals surface area contributed by atoms with Crippen molar-refractivity contribution in [1.82, 2.24) is 14.9 Å². The highest BCUT2D eigenvalue weighted by atomic mass is 35.5. The Hall–Kier alpha value is -0.790. The maximum Gasteiger partial charge on any atom is 0.415 e. The molecular weight excluding hydrogens is 307 g/mol. The molecule has 4 nitrogen and oxygen atoms in total. The van der Waals surface area contributed by atoms with Crippen molar-refractivity contribution in [2.24, 2.45) is 0 Å². The van der Waals surface area contributed by atoms with Crippen LogP contribution in [0.1, 0.15) is 31.3 Å². The number of rotatable bonds is 5. The van der Waals surface area contributed by atoms with Crippen LogP contribution < -0.4 is 0 Å². The molecule has 1 aliphatic heterocycles. The van der Waals surface area contributed by atoms with Gasteiger partial charge >= 0.3 is 6.18 Å². The topological polar surface area (TPSA) is 41.2 Å². The summed E-state index contributed by atoms with van der Waals surface area (Å²) in [5.74, 6) is 0.789. The van der Waals surface area contributed by atoms with Crippen molar-refractivity contribution in [2.45, 2.75) is 45.0 Å². The fraction of sp³-hybridized carbons (Fsp3) is 0.769.